The van der Waals surface area contributed by atoms with E-state index >= 15 is 0 Å². The minimum Gasteiger partial charge on any atom is -0.495 e. The van der Waals surface area contributed by atoms with Crippen LogP contribution in [0.25, 0.3) is 0 Å². The average Bonchev–Trinajstić information content (AvgIpc) is 3.66. The molecule has 236 valence electrons. The Balaban J connectivity index is 1.79. The first-order valence-corrected chi connectivity index (χ1v) is 14.7. The Morgan fingerprint density at radius 2 is 2.00 bits per heavy atom. The predicted molar refractivity (Wildman–Crippen MR) is 159 cm³/mol. The molecule has 43 heavy (non-hydrogen) atoms. The van der Waals surface area contributed by atoms with Gasteiger partial charge in [-0.1, -0.05) is 49.2 Å². The van der Waals surface area contributed by atoms with Crippen LogP contribution in [0.4, 0.5) is 10.5 Å². The molecule has 3 aliphatic rings. The number of nitrogens with zero attached hydrogens (tertiary/aromatic N) is 1. The van der Waals surface area contributed by atoms with Crippen molar-refractivity contribution in [1.29, 1.82) is 0 Å². The van der Waals surface area contributed by atoms with E-state index in [0.717, 1.165) is 11.1 Å². The summed E-state index contributed by atoms with van der Waals surface area (Å²) in [6.45, 7) is 7.20. The third-order valence-corrected chi connectivity index (χ3v) is 8.89. The Labute approximate surface area is 257 Å². The molecule has 11 nitrogen and oxygen atoms in total. The fraction of sp³-hybridized carbons (Fsp3) is 0.581. The van der Waals surface area contributed by atoms with E-state index in [0.29, 0.717) is 17.9 Å². The van der Waals surface area contributed by atoms with Gasteiger partial charge in [0.25, 0.3) is 0 Å². The van der Waals surface area contributed by atoms with E-state index in [-0.39, 0.29) is 30.2 Å². The van der Waals surface area contributed by atoms with Crippen LogP contribution in [0, 0.1) is 5.92 Å². The highest BCUT2D eigenvalue weighted by molar-refractivity contribution is 6.35. The van der Waals surface area contributed by atoms with Gasteiger partial charge in [0.1, 0.15) is 34.7 Å². The second-order valence-electron chi connectivity index (χ2n) is 11.6. The van der Waals surface area contributed by atoms with Crippen molar-refractivity contribution in [2.75, 3.05) is 26.2 Å². The van der Waals surface area contributed by atoms with E-state index in [1.54, 1.807) is 33.0 Å². The number of ether oxygens (including phenoxy) is 5. The molecule has 7 atom stereocenters. The van der Waals surface area contributed by atoms with E-state index in [1.165, 1.54) is 19.1 Å². The van der Waals surface area contributed by atoms with Crippen LogP contribution in [0.1, 0.15) is 52.5 Å². The maximum Gasteiger partial charge on any atom is 0.409 e. The summed E-state index contributed by atoms with van der Waals surface area (Å²) in [5, 5.41) is 14.3. The number of carbonyl (C=O) groups excluding carboxylic acids is 3. The molecule has 0 spiro atoms. The number of benzene rings is 1. The molecule has 1 unspecified atom stereocenters. The highest BCUT2D eigenvalue weighted by Gasteiger charge is 2.64. The van der Waals surface area contributed by atoms with Gasteiger partial charge >= 0.3 is 12.1 Å². The molecule has 0 aromatic heterocycles. The Morgan fingerprint density at radius 3 is 2.65 bits per heavy atom. The van der Waals surface area contributed by atoms with Gasteiger partial charge in [0.2, 0.25) is 5.91 Å². The van der Waals surface area contributed by atoms with Gasteiger partial charge in [-0.3, -0.25) is 14.9 Å². The first-order chi connectivity index (χ1) is 20.3. The predicted octanol–water partition coefficient (Wildman–Crippen LogP) is 4.08. The summed E-state index contributed by atoms with van der Waals surface area (Å²) < 4.78 is 28.6. The second-order valence-corrected chi connectivity index (χ2v) is 12.0. The lowest BCUT2D eigenvalue weighted by molar-refractivity contribution is -0.153. The number of amides is 2. The number of halogens is 1. The van der Waals surface area contributed by atoms with Crippen LogP contribution in [-0.2, 0) is 35.0 Å². The van der Waals surface area contributed by atoms with Crippen LogP contribution >= 0.6 is 11.6 Å². The number of epoxide rings is 1. The Kier molecular flexibility index (Phi) is 9.80. The van der Waals surface area contributed by atoms with E-state index < -0.39 is 53.7 Å². The first-order valence-electron chi connectivity index (χ1n) is 14.3. The molecule has 2 fully saturated rings. The van der Waals surface area contributed by atoms with E-state index in [2.05, 4.69) is 5.32 Å². The number of rotatable bonds is 4. The molecule has 2 N–H and O–H groups in total. The number of fused-ring (bicyclic) bond motifs is 5. The van der Waals surface area contributed by atoms with Crippen LogP contribution in [-0.4, -0.2) is 80.1 Å². The molecule has 0 aliphatic carbocycles. The van der Waals surface area contributed by atoms with Gasteiger partial charge in [-0.2, -0.15) is 0 Å². The van der Waals surface area contributed by atoms with Crippen LogP contribution in [0.15, 0.2) is 35.9 Å². The third kappa shape index (κ3) is 6.85. The summed E-state index contributed by atoms with van der Waals surface area (Å²) in [5.74, 6) is -0.854. The van der Waals surface area contributed by atoms with Crippen molar-refractivity contribution in [2.24, 2.45) is 5.92 Å². The minimum atomic E-state index is -1.76. The monoisotopic (exact) mass is 620 g/mol. The van der Waals surface area contributed by atoms with Gasteiger partial charge in [0, 0.05) is 32.9 Å². The van der Waals surface area contributed by atoms with Crippen molar-refractivity contribution in [3.05, 3.63) is 46.5 Å². The summed E-state index contributed by atoms with van der Waals surface area (Å²) in [4.78, 5) is 40.2. The quantitative estimate of drug-likeness (QED) is 0.377. The van der Waals surface area contributed by atoms with Crippen LogP contribution in [0.3, 0.4) is 0 Å². The van der Waals surface area contributed by atoms with Crippen LogP contribution < -0.4 is 15.0 Å². The highest BCUT2D eigenvalue weighted by Crippen LogP contribution is 2.49. The van der Waals surface area contributed by atoms with Crippen molar-refractivity contribution in [2.45, 2.75) is 89.1 Å². The molecule has 4 rings (SSSR count). The zero-order valence-corrected chi connectivity index (χ0v) is 26.4. The van der Waals surface area contributed by atoms with Crippen molar-refractivity contribution >= 4 is 35.3 Å². The molecule has 0 saturated carbocycles. The standard InChI is InChI=1S/C31H41ClN2O9/c1-8-26(36)42-24-15-25(35)34(5)20-13-19(14-21(39-6)27(20)32)12-17(2)10-9-11-23(40-7)31(38)16-22(41-29(37)33-31)18(3)28-30(24,4)43-28/h9-11,13-14,18,22-24,28,38H,8,12,15-16H2,1-7H3,(H,33,37)/b11-9+,17-10+/t18-,22+,23-,24+,28+,30?,31+/m1/s1. The number of methoxy groups -OCH3 is 2. The molecule has 0 radical (unpaired) electrons. The number of esters is 1. The maximum atomic E-state index is 13.7. The second kappa shape index (κ2) is 12.9. The summed E-state index contributed by atoms with van der Waals surface area (Å²) in [6, 6.07) is 3.63. The Hall–Kier alpha value is -3.12. The molecule has 1 aromatic rings. The normalized spacial score (nSPS) is 35.0. The van der Waals surface area contributed by atoms with Crippen LogP contribution in [0.2, 0.25) is 5.02 Å². The molecular formula is C31H41ClN2O9. The zero-order chi connectivity index (χ0) is 31.7. The number of carbonyl (C=O) groups is 3. The molecule has 12 heteroatoms. The van der Waals surface area contributed by atoms with Gasteiger partial charge in [-0.05, 0) is 38.0 Å². The van der Waals surface area contributed by atoms with Crippen molar-refractivity contribution < 1.29 is 43.2 Å². The molecule has 3 heterocycles. The minimum absolute atomic E-state index is 0.00655. The lowest BCUT2D eigenvalue weighted by atomic mass is 9.83. The first kappa shape index (κ1) is 32.8. The maximum absolute atomic E-state index is 13.7. The fourth-order valence-corrected chi connectivity index (χ4v) is 6.16. The average molecular weight is 621 g/mol. The number of nitrogens with one attached hydrogen (secondary N) is 1. The molecule has 2 saturated heterocycles. The number of aliphatic hydroxyl groups is 1. The lowest BCUT2D eigenvalue weighted by Crippen LogP contribution is -2.63. The zero-order valence-electron chi connectivity index (χ0n) is 25.6. The molecule has 1 aromatic carbocycles. The number of allylic oxidation sites excluding steroid dienone is 3. The SMILES string of the molecule is CCC(=O)O[C@H]1CC(=O)N(C)c2cc(cc(OC)c2Cl)C/C(C)=C/C=C/[C@@H](OC)[C@@]2(O)C[C@H](OC(=O)N2)[C@@H](C)[C@@H]2OC12C. The number of alkyl carbamates (subject to hydrolysis) is 1. The molecular weight excluding hydrogens is 580 g/mol. The number of hydrogen-bond donors (Lipinski definition) is 2. The van der Waals surface area contributed by atoms with Crippen molar-refractivity contribution in [3.8, 4) is 5.75 Å². The van der Waals surface area contributed by atoms with Gasteiger partial charge in [-0.15, -0.1) is 0 Å². The fourth-order valence-electron chi connectivity index (χ4n) is 5.85. The topological polar surface area (TPSA) is 136 Å². The van der Waals surface area contributed by atoms with Gasteiger partial charge in [0.05, 0.1) is 25.3 Å². The summed E-state index contributed by atoms with van der Waals surface area (Å²) in [7, 11) is 4.56. The lowest BCUT2D eigenvalue weighted by Gasteiger charge is -2.42. The van der Waals surface area contributed by atoms with Gasteiger partial charge in [0.15, 0.2) is 5.72 Å². The van der Waals surface area contributed by atoms with Gasteiger partial charge in [-0.25, -0.2) is 4.79 Å². The Bertz CT molecular complexity index is 1320. The smallest absolute Gasteiger partial charge is 0.409 e. The van der Waals surface area contributed by atoms with E-state index in [9.17, 15) is 19.5 Å². The van der Waals surface area contributed by atoms with Crippen molar-refractivity contribution in [1.82, 2.24) is 5.32 Å². The van der Waals surface area contributed by atoms with Crippen molar-refractivity contribution in [3.63, 3.8) is 0 Å². The molecule has 3 aliphatic heterocycles. The highest BCUT2D eigenvalue weighted by atomic mass is 35.5. The number of anilines is 1. The third-order valence-electron chi connectivity index (χ3n) is 8.51. The summed E-state index contributed by atoms with van der Waals surface area (Å²) in [5.41, 5.74) is -0.564. The summed E-state index contributed by atoms with van der Waals surface area (Å²) >= 11 is 6.66. The van der Waals surface area contributed by atoms with E-state index in [4.69, 9.17) is 35.3 Å². The van der Waals surface area contributed by atoms with E-state index in [1.807, 2.05) is 32.1 Å². The van der Waals surface area contributed by atoms with Gasteiger partial charge < -0.3 is 33.7 Å². The number of hydrogen-bond acceptors (Lipinski definition) is 9. The summed E-state index contributed by atoms with van der Waals surface area (Å²) in [6.07, 6.45) is 1.81. The Morgan fingerprint density at radius 1 is 1.28 bits per heavy atom. The largest absolute Gasteiger partial charge is 0.495 e. The molecule has 4 bridgehead atoms. The molecule has 2 amide bonds. The van der Waals surface area contributed by atoms with Crippen LogP contribution in [0.5, 0.6) is 5.75 Å².